The van der Waals surface area contributed by atoms with Gasteiger partial charge in [0.25, 0.3) is 0 Å². The summed E-state index contributed by atoms with van der Waals surface area (Å²) in [7, 11) is 0. The number of ether oxygens (including phenoxy) is 3. The minimum Gasteiger partial charge on any atom is -0.486 e. The third kappa shape index (κ3) is 5.15. The Morgan fingerprint density at radius 2 is 1.82 bits per heavy atom. The highest BCUT2D eigenvalue weighted by Gasteiger charge is 2.50. The van der Waals surface area contributed by atoms with Crippen LogP contribution >= 0.6 is 0 Å². The molecule has 3 N–H and O–H groups in total. The third-order valence-electron chi connectivity index (χ3n) is 8.59. The molecule has 9 nitrogen and oxygen atoms in total. The highest BCUT2D eigenvalue weighted by molar-refractivity contribution is 5.96. The molecule has 2 amide bonds. The second-order valence-corrected chi connectivity index (χ2v) is 11.1. The molecular formula is C31H36N2O7. The van der Waals surface area contributed by atoms with E-state index in [1.165, 1.54) is 12.8 Å². The summed E-state index contributed by atoms with van der Waals surface area (Å²) in [4.78, 5) is 29.0. The number of aliphatic hydroxyl groups is 2. The van der Waals surface area contributed by atoms with E-state index in [0.717, 1.165) is 30.4 Å². The number of para-hydroxylation sites is 1. The van der Waals surface area contributed by atoms with Gasteiger partial charge in [-0.1, -0.05) is 49.9 Å². The maximum atomic E-state index is 13.9. The van der Waals surface area contributed by atoms with Gasteiger partial charge in [-0.3, -0.25) is 9.59 Å². The van der Waals surface area contributed by atoms with E-state index in [9.17, 15) is 19.8 Å². The van der Waals surface area contributed by atoms with Crippen LogP contribution in [0.3, 0.4) is 0 Å². The molecule has 4 aliphatic rings. The average Bonchev–Trinajstić information content (AvgIpc) is 3.74. The highest BCUT2D eigenvalue weighted by Crippen LogP contribution is 2.47. The van der Waals surface area contributed by atoms with Crippen molar-refractivity contribution in [3.63, 3.8) is 0 Å². The van der Waals surface area contributed by atoms with E-state index < -0.39 is 24.2 Å². The summed E-state index contributed by atoms with van der Waals surface area (Å²) in [5, 5.41) is 23.8. The first-order valence-electron chi connectivity index (χ1n) is 14.3. The van der Waals surface area contributed by atoms with Crippen LogP contribution in [-0.2, 0) is 16.1 Å². The number of aliphatic hydroxyl groups excluding tert-OH is 2. The fourth-order valence-corrected chi connectivity index (χ4v) is 6.56. The molecule has 0 spiro atoms. The SMILES string of the molecule is O=C(NCCO)C1=CC(N(Cc2ccc3c(c2)OCO3)C(=O)CCC2CCCC2)C(O)C2Oc3ccccc3C12. The van der Waals surface area contributed by atoms with Crippen LogP contribution in [0.15, 0.2) is 54.1 Å². The van der Waals surface area contributed by atoms with Crippen molar-refractivity contribution in [1.29, 1.82) is 0 Å². The molecule has 2 aliphatic carbocycles. The minimum absolute atomic E-state index is 0.0751. The molecule has 0 aromatic heterocycles. The molecule has 2 aromatic rings. The number of rotatable bonds is 9. The fourth-order valence-electron chi connectivity index (χ4n) is 6.56. The number of nitrogens with zero attached hydrogens (tertiary/aromatic N) is 1. The minimum atomic E-state index is -1.06. The number of benzene rings is 2. The molecule has 4 unspecified atom stereocenters. The lowest BCUT2D eigenvalue weighted by atomic mass is 9.77. The van der Waals surface area contributed by atoms with E-state index in [0.29, 0.717) is 35.2 Å². The maximum absolute atomic E-state index is 13.9. The highest BCUT2D eigenvalue weighted by atomic mass is 16.7. The topological polar surface area (TPSA) is 118 Å². The molecule has 4 atom stereocenters. The van der Waals surface area contributed by atoms with Gasteiger partial charge in [0.1, 0.15) is 18.0 Å². The van der Waals surface area contributed by atoms with Crippen molar-refractivity contribution in [2.24, 2.45) is 5.92 Å². The van der Waals surface area contributed by atoms with E-state index in [2.05, 4.69) is 5.32 Å². The zero-order valence-electron chi connectivity index (χ0n) is 22.5. The van der Waals surface area contributed by atoms with Gasteiger partial charge in [-0.05, 0) is 42.2 Å². The van der Waals surface area contributed by atoms with Gasteiger partial charge in [0.15, 0.2) is 11.5 Å². The number of hydrogen-bond donors (Lipinski definition) is 3. The van der Waals surface area contributed by atoms with Crippen molar-refractivity contribution in [2.75, 3.05) is 19.9 Å². The Morgan fingerprint density at radius 1 is 1.02 bits per heavy atom. The predicted molar refractivity (Wildman–Crippen MR) is 146 cm³/mol. The first-order chi connectivity index (χ1) is 19.5. The van der Waals surface area contributed by atoms with Gasteiger partial charge in [-0.2, -0.15) is 0 Å². The Hall–Kier alpha value is -3.56. The quantitative estimate of drug-likeness (QED) is 0.441. The van der Waals surface area contributed by atoms with Crippen molar-refractivity contribution in [1.82, 2.24) is 10.2 Å². The van der Waals surface area contributed by atoms with E-state index in [-0.39, 0.29) is 38.3 Å². The van der Waals surface area contributed by atoms with Gasteiger partial charge < -0.3 is 34.6 Å². The van der Waals surface area contributed by atoms with Crippen LogP contribution in [0.5, 0.6) is 17.2 Å². The van der Waals surface area contributed by atoms with Crippen molar-refractivity contribution in [2.45, 2.75) is 69.2 Å². The molecule has 40 heavy (non-hydrogen) atoms. The molecule has 0 saturated heterocycles. The molecule has 6 rings (SSSR count). The predicted octanol–water partition coefficient (Wildman–Crippen LogP) is 3.04. The van der Waals surface area contributed by atoms with Gasteiger partial charge in [-0.15, -0.1) is 0 Å². The summed E-state index contributed by atoms with van der Waals surface area (Å²) in [6, 6.07) is 12.3. The lowest BCUT2D eigenvalue weighted by molar-refractivity contribution is -0.138. The van der Waals surface area contributed by atoms with Gasteiger partial charge in [0.2, 0.25) is 18.6 Å². The number of fused-ring (bicyclic) bond motifs is 4. The molecule has 0 radical (unpaired) electrons. The fraction of sp³-hybridized carbons (Fsp3) is 0.484. The van der Waals surface area contributed by atoms with Crippen LogP contribution < -0.4 is 19.5 Å². The van der Waals surface area contributed by atoms with Crippen molar-refractivity contribution in [3.8, 4) is 17.2 Å². The van der Waals surface area contributed by atoms with Crippen LogP contribution in [-0.4, -0.2) is 65.1 Å². The normalized spacial score (nSPS) is 24.6. The number of hydrogen-bond acceptors (Lipinski definition) is 7. The zero-order valence-corrected chi connectivity index (χ0v) is 22.5. The van der Waals surface area contributed by atoms with Crippen molar-refractivity contribution >= 4 is 11.8 Å². The first kappa shape index (κ1) is 26.7. The van der Waals surface area contributed by atoms with E-state index in [1.807, 2.05) is 42.5 Å². The summed E-state index contributed by atoms with van der Waals surface area (Å²) in [5.41, 5.74) is 2.09. The Morgan fingerprint density at radius 3 is 2.65 bits per heavy atom. The van der Waals surface area contributed by atoms with Crippen molar-refractivity contribution < 1.29 is 34.0 Å². The van der Waals surface area contributed by atoms with Crippen LogP contribution in [0, 0.1) is 5.92 Å². The lowest BCUT2D eigenvalue weighted by Crippen LogP contribution is -2.55. The van der Waals surface area contributed by atoms with Crippen LogP contribution in [0.4, 0.5) is 0 Å². The van der Waals surface area contributed by atoms with E-state index >= 15 is 0 Å². The molecule has 0 bridgehead atoms. The monoisotopic (exact) mass is 548 g/mol. The largest absolute Gasteiger partial charge is 0.486 e. The Bertz CT molecular complexity index is 1290. The van der Waals surface area contributed by atoms with Gasteiger partial charge in [0.05, 0.1) is 18.6 Å². The first-order valence-corrected chi connectivity index (χ1v) is 14.3. The van der Waals surface area contributed by atoms with Crippen LogP contribution in [0.1, 0.15) is 55.6 Å². The van der Waals surface area contributed by atoms with Crippen LogP contribution in [0.2, 0.25) is 0 Å². The Balaban J connectivity index is 1.34. The Kier molecular flexibility index (Phi) is 7.67. The maximum Gasteiger partial charge on any atom is 0.247 e. The average molecular weight is 549 g/mol. The number of carbonyl (C=O) groups is 2. The lowest BCUT2D eigenvalue weighted by Gasteiger charge is -2.41. The zero-order chi connectivity index (χ0) is 27.6. The molecule has 2 aromatic carbocycles. The number of carbonyl (C=O) groups excluding carboxylic acids is 2. The molecule has 2 aliphatic heterocycles. The molecule has 9 heteroatoms. The Labute approximate surface area is 233 Å². The second-order valence-electron chi connectivity index (χ2n) is 11.1. The van der Waals surface area contributed by atoms with Gasteiger partial charge in [-0.25, -0.2) is 0 Å². The molecule has 1 fully saturated rings. The smallest absolute Gasteiger partial charge is 0.247 e. The van der Waals surface area contributed by atoms with Crippen molar-refractivity contribution in [3.05, 3.63) is 65.2 Å². The summed E-state index contributed by atoms with van der Waals surface area (Å²) in [5.74, 6) is 1.53. The van der Waals surface area contributed by atoms with E-state index in [4.69, 9.17) is 14.2 Å². The summed E-state index contributed by atoms with van der Waals surface area (Å²) >= 11 is 0. The van der Waals surface area contributed by atoms with Crippen LogP contribution in [0.25, 0.3) is 0 Å². The molecule has 1 saturated carbocycles. The standard InChI is InChI=1S/C31H36N2O7/c34-14-13-32-31(37)22-16-23(29(36)30-28(22)21-7-3-4-8-24(21)40-30)33(27(35)12-10-19-5-1-2-6-19)17-20-9-11-25-26(15-20)39-18-38-25/h3-4,7-9,11,15-16,19,23,28-30,34,36H,1-2,5-6,10,12-14,17-18H2,(H,32,37). The second kappa shape index (κ2) is 11.5. The van der Waals surface area contributed by atoms with Gasteiger partial charge in [0, 0.05) is 30.6 Å². The number of nitrogens with one attached hydrogen (secondary N) is 1. The number of amides is 2. The molecular weight excluding hydrogens is 512 g/mol. The third-order valence-corrected chi connectivity index (χ3v) is 8.59. The molecule has 212 valence electrons. The summed E-state index contributed by atoms with van der Waals surface area (Å²) in [6.45, 7) is 0.293. The summed E-state index contributed by atoms with van der Waals surface area (Å²) in [6.07, 6.45) is 5.81. The van der Waals surface area contributed by atoms with E-state index in [1.54, 1.807) is 11.0 Å². The molecule has 2 heterocycles. The summed E-state index contributed by atoms with van der Waals surface area (Å²) < 4.78 is 17.2. The van der Waals surface area contributed by atoms with Gasteiger partial charge >= 0.3 is 0 Å².